The number of aromatic nitrogens is 2. The summed E-state index contributed by atoms with van der Waals surface area (Å²) < 4.78 is 1.67. The van der Waals surface area contributed by atoms with Crippen LogP contribution in [0.4, 0.5) is 0 Å². The molecule has 0 radical (unpaired) electrons. The number of hydrogen-bond acceptors (Lipinski definition) is 7. The van der Waals surface area contributed by atoms with Gasteiger partial charge >= 0.3 is 0 Å². The molecule has 0 saturated heterocycles. The molecule has 0 aliphatic heterocycles. The zero-order valence-corrected chi connectivity index (χ0v) is 20.4. The molecular formula is C25H22N4OS3. The Morgan fingerprint density at radius 3 is 2.15 bits per heavy atom. The van der Waals surface area contributed by atoms with Gasteiger partial charge in [-0.3, -0.25) is 4.79 Å². The molecule has 0 aliphatic carbocycles. The van der Waals surface area contributed by atoms with E-state index < -0.39 is 0 Å². The summed E-state index contributed by atoms with van der Waals surface area (Å²) in [5, 5.41) is 12.6. The normalized spacial score (nSPS) is 11.4. The molecule has 0 unspecified atom stereocenters. The predicted octanol–water partition coefficient (Wildman–Crippen LogP) is 6.13. The Bertz CT molecular complexity index is 1210. The fourth-order valence-electron chi connectivity index (χ4n) is 2.94. The lowest BCUT2D eigenvalue weighted by Gasteiger charge is -2.05. The Hall–Kier alpha value is -2.94. The first-order valence-corrected chi connectivity index (χ1v) is 13.1. The van der Waals surface area contributed by atoms with Crippen molar-refractivity contribution in [1.29, 1.82) is 0 Å². The molecule has 166 valence electrons. The molecule has 1 heterocycles. The van der Waals surface area contributed by atoms with Crippen molar-refractivity contribution in [2.75, 3.05) is 5.75 Å². The highest BCUT2D eigenvalue weighted by molar-refractivity contribution is 8.03. The van der Waals surface area contributed by atoms with E-state index in [1.54, 1.807) is 11.8 Å². The number of hydrogen-bond donors (Lipinski definition) is 1. The van der Waals surface area contributed by atoms with Gasteiger partial charge in [0, 0.05) is 5.75 Å². The second-order valence-electron chi connectivity index (χ2n) is 7.07. The number of carbonyl (C=O) groups is 1. The lowest BCUT2D eigenvalue weighted by Crippen LogP contribution is -2.21. The van der Waals surface area contributed by atoms with Crippen LogP contribution in [0.2, 0.25) is 0 Å². The van der Waals surface area contributed by atoms with Crippen molar-refractivity contribution in [1.82, 2.24) is 15.6 Å². The Kier molecular flexibility index (Phi) is 8.30. The van der Waals surface area contributed by atoms with Crippen LogP contribution in [0.1, 0.15) is 18.1 Å². The van der Waals surface area contributed by atoms with Gasteiger partial charge in [-0.2, -0.15) is 5.10 Å². The SMILES string of the molecule is C/C(=N\NC(=O)CSc1nnc(SCc2ccccc2)s1)c1ccc(-c2ccccc2)cc1. The lowest BCUT2D eigenvalue weighted by atomic mass is 10.0. The summed E-state index contributed by atoms with van der Waals surface area (Å²) in [5.41, 5.74) is 7.91. The molecule has 0 saturated carbocycles. The summed E-state index contributed by atoms with van der Waals surface area (Å²) in [6, 6.07) is 28.6. The van der Waals surface area contributed by atoms with Crippen molar-refractivity contribution in [3.05, 3.63) is 96.1 Å². The van der Waals surface area contributed by atoms with Gasteiger partial charge in [0.15, 0.2) is 8.68 Å². The Morgan fingerprint density at radius 1 is 0.848 bits per heavy atom. The Labute approximate surface area is 205 Å². The van der Waals surface area contributed by atoms with E-state index >= 15 is 0 Å². The fraction of sp³-hybridized carbons (Fsp3) is 0.120. The third kappa shape index (κ3) is 7.02. The molecule has 1 aromatic heterocycles. The van der Waals surface area contributed by atoms with E-state index in [2.05, 4.69) is 57.1 Å². The highest BCUT2D eigenvalue weighted by atomic mass is 32.2. The third-order valence-corrected chi connectivity index (χ3v) is 7.94. The predicted molar refractivity (Wildman–Crippen MR) is 139 cm³/mol. The van der Waals surface area contributed by atoms with Crippen LogP contribution in [-0.2, 0) is 10.5 Å². The zero-order chi connectivity index (χ0) is 22.9. The monoisotopic (exact) mass is 490 g/mol. The molecule has 33 heavy (non-hydrogen) atoms. The summed E-state index contributed by atoms with van der Waals surface area (Å²) in [5.74, 6) is 0.914. The van der Waals surface area contributed by atoms with Crippen LogP contribution in [0.3, 0.4) is 0 Å². The standard InChI is InChI=1S/C25H22N4OS3/c1-18(20-12-14-22(15-13-20)21-10-6-3-7-11-21)26-27-23(30)17-32-25-29-28-24(33-25)31-16-19-8-4-2-5-9-19/h2-15H,16-17H2,1H3,(H,27,30)/b26-18+. The molecule has 8 heteroatoms. The van der Waals surface area contributed by atoms with E-state index in [4.69, 9.17) is 0 Å². The van der Waals surface area contributed by atoms with Crippen LogP contribution < -0.4 is 5.43 Å². The van der Waals surface area contributed by atoms with Gasteiger partial charge in [0.2, 0.25) is 0 Å². The molecule has 1 amide bonds. The van der Waals surface area contributed by atoms with Gasteiger partial charge in [-0.25, -0.2) is 5.43 Å². The quantitative estimate of drug-likeness (QED) is 0.174. The van der Waals surface area contributed by atoms with Crippen LogP contribution in [0.5, 0.6) is 0 Å². The average molecular weight is 491 g/mol. The largest absolute Gasteiger partial charge is 0.272 e. The van der Waals surface area contributed by atoms with Crippen molar-refractivity contribution >= 4 is 46.5 Å². The number of rotatable bonds is 9. The minimum atomic E-state index is -0.172. The van der Waals surface area contributed by atoms with Gasteiger partial charge in [0.05, 0.1) is 11.5 Å². The second-order valence-corrected chi connectivity index (χ2v) is 10.5. The summed E-state index contributed by atoms with van der Waals surface area (Å²) in [6.45, 7) is 1.88. The maximum Gasteiger partial charge on any atom is 0.250 e. The number of nitrogens with one attached hydrogen (secondary N) is 1. The molecule has 0 fully saturated rings. The number of thioether (sulfide) groups is 2. The summed E-state index contributed by atoms with van der Waals surface area (Å²) in [7, 11) is 0. The summed E-state index contributed by atoms with van der Waals surface area (Å²) in [4.78, 5) is 12.2. The number of nitrogens with zero attached hydrogens (tertiary/aromatic N) is 3. The molecule has 0 aliphatic rings. The topological polar surface area (TPSA) is 67.2 Å². The second kappa shape index (κ2) is 11.8. The van der Waals surface area contributed by atoms with E-state index in [9.17, 15) is 4.79 Å². The molecule has 3 aromatic carbocycles. The molecule has 0 atom stereocenters. The highest BCUT2D eigenvalue weighted by Gasteiger charge is 2.09. The van der Waals surface area contributed by atoms with Crippen molar-refractivity contribution in [2.45, 2.75) is 21.4 Å². The first kappa shape index (κ1) is 23.2. The third-order valence-electron chi connectivity index (χ3n) is 4.68. The van der Waals surface area contributed by atoms with Crippen molar-refractivity contribution in [2.24, 2.45) is 5.10 Å². The fourth-order valence-corrected chi connectivity index (χ4v) is 5.71. The molecule has 5 nitrogen and oxygen atoms in total. The van der Waals surface area contributed by atoms with Crippen LogP contribution in [-0.4, -0.2) is 27.6 Å². The number of benzene rings is 3. The molecular weight excluding hydrogens is 469 g/mol. The Balaban J connectivity index is 1.24. The molecule has 4 rings (SSSR count). The van der Waals surface area contributed by atoms with Crippen molar-refractivity contribution in [3.63, 3.8) is 0 Å². The summed E-state index contributed by atoms with van der Waals surface area (Å²) >= 11 is 4.52. The minimum Gasteiger partial charge on any atom is -0.272 e. The van der Waals surface area contributed by atoms with E-state index in [0.29, 0.717) is 0 Å². The molecule has 0 spiro atoms. The molecule has 0 bridgehead atoms. The first-order chi connectivity index (χ1) is 16.2. The number of carbonyl (C=O) groups excluding carboxylic acids is 1. The van der Waals surface area contributed by atoms with E-state index in [1.165, 1.54) is 34.2 Å². The van der Waals surface area contributed by atoms with Crippen LogP contribution >= 0.6 is 34.9 Å². The maximum atomic E-state index is 12.2. The van der Waals surface area contributed by atoms with E-state index in [0.717, 1.165) is 31.3 Å². The first-order valence-electron chi connectivity index (χ1n) is 10.3. The van der Waals surface area contributed by atoms with Crippen molar-refractivity contribution < 1.29 is 4.79 Å². The molecule has 1 N–H and O–H groups in total. The zero-order valence-electron chi connectivity index (χ0n) is 18.0. The van der Waals surface area contributed by atoms with Crippen LogP contribution in [0.15, 0.2) is 98.7 Å². The Morgan fingerprint density at radius 2 is 1.45 bits per heavy atom. The van der Waals surface area contributed by atoms with Gasteiger partial charge in [-0.05, 0) is 29.2 Å². The minimum absolute atomic E-state index is 0.172. The van der Waals surface area contributed by atoms with E-state index in [-0.39, 0.29) is 11.7 Å². The van der Waals surface area contributed by atoms with Gasteiger partial charge in [-0.1, -0.05) is 120 Å². The number of hydrazone groups is 1. The molecule has 4 aromatic rings. The van der Waals surface area contributed by atoms with Gasteiger partial charge in [0.1, 0.15) is 0 Å². The number of amides is 1. The smallest absolute Gasteiger partial charge is 0.250 e. The van der Waals surface area contributed by atoms with Crippen molar-refractivity contribution in [3.8, 4) is 11.1 Å². The van der Waals surface area contributed by atoms with E-state index in [1.807, 2.05) is 55.5 Å². The van der Waals surface area contributed by atoms with Crippen LogP contribution in [0, 0.1) is 0 Å². The summed E-state index contributed by atoms with van der Waals surface area (Å²) in [6.07, 6.45) is 0. The van der Waals surface area contributed by atoms with Gasteiger partial charge in [-0.15, -0.1) is 10.2 Å². The average Bonchev–Trinajstić information content (AvgIpc) is 3.34. The van der Waals surface area contributed by atoms with Gasteiger partial charge < -0.3 is 0 Å². The lowest BCUT2D eigenvalue weighted by molar-refractivity contribution is -0.118. The van der Waals surface area contributed by atoms with Gasteiger partial charge in [0.25, 0.3) is 5.91 Å². The highest BCUT2D eigenvalue weighted by Crippen LogP contribution is 2.30. The maximum absolute atomic E-state index is 12.2. The van der Waals surface area contributed by atoms with Crippen LogP contribution in [0.25, 0.3) is 11.1 Å².